The summed E-state index contributed by atoms with van der Waals surface area (Å²) in [6.45, 7) is 1.31. The zero-order chi connectivity index (χ0) is 3.58. The molecule has 5 heavy (non-hydrogen) atoms. The van der Waals surface area contributed by atoms with Gasteiger partial charge in [0, 0.05) is 32.8 Å². The van der Waals surface area contributed by atoms with Crippen LogP contribution in [0.15, 0.2) is 0 Å². The summed E-state index contributed by atoms with van der Waals surface area (Å²) in [5, 5.41) is 0. The van der Waals surface area contributed by atoms with E-state index in [1.165, 1.54) is 6.92 Å². The van der Waals surface area contributed by atoms with Gasteiger partial charge in [0.1, 0.15) is 0 Å². The molecule has 0 aliphatic heterocycles. The Morgan fingerprint density at radius 2 is 1.80 bits per heavy atom. The molecule has 0 saturated heterocycles. The number of rotatable bonds is 0. The van der Waals surface area contributed by atoms with Crippen LogP contribution in [0.3, 0.4) is 0 Å². The van der Waals surface area contributed by atoms with Crippen LogP contribution in [0.5, 0.6) is 0 Å². The van der Waals surface area contributed by atoms with Crippen molar-refractivity contribution in [2.45, 2.75) is 6.92 Å². The van der Waals surface area contributed by atoms with Gasteiger partial charge in [-0.1, -0.05) is 0 Å². The second-order valence-corrected chi connectivity index (χ2v) is 0.611. The van der Waals surface area contributed by atoms with E-state index < -0.39 is 0 Å². The van der Waals surface area contributed by atoms with Crippen molar-refractivity contribution in [1.29, 1.82) is 0 Å². The number of nitrogens with two attached hydrogens (primary N) is 1. The van der Waals surface area contributed by atoms with Crippen molar-refractivity contribution in [3.63, 3.8) is 0 Å². The predicted molar refractivity (Wildman–Crippen MR) is 14.9 cm³/mol. The van der Waals surface area contributed by atoms with Crippen LogP contribution in [0.1, 0.15) is 6.92 Å². The van der Waals surface area contributed by atoms with Gasteiger partial charge < -0.3 is 5.73 Å². The van der Waals surface area contributed by atoms with Gasteiger partial charge in [-0.05, 0) is 0 Å². The molecule has 0 bridgehead atoms. The molecule has 1 amide bonds. The average molecular weight is 238 g/mol. The van der Waals surface area contributed by atoms with Gasteiger partial charge in [-0.25, -0.2) is 0 Å². The quantitative estimate of drug-likeness (QED) is 0.567. The van der Waals surface area contributed by atoms with Crippen molar-refractivity contribution in [2.24, 2.45) is 5.73 Å². The van der Waals surface area contributed by atoms with E-state index in [1.54, 1.807) is 0 Å². The molecule has 0 aliphatic rings. The summed E-state index contributed by atoms with van der Waals surface area (Å²) in [7, 11) is 0. The number of primary amides is 1. The third-order valence-electron chi connectivity index (χ3n) is 0. The molecule has 0 atom stereocenters. The molecule has 0 spiro atoms. The van der Waals surface area contributed by atoms with E-state index >= 15 is 0 Å². The molecular weight excluding hydrogens is 233 g/mol. The maximum atomic E-state index is 9.22. The summed E-state index contributed by atoms with van der Waals surface area (Å²) in [5.74, 6) is -0.333. The molecule has 0 fully saturated rings. The van der Waals surface area contributed by atoms with Crippen molar-refractivity contribution in [2.75, 3.05) is 0 Å². The molecule has 0 aromatic heterocycles. The minimum Gasteiger partial charge on any atom is -0.370 e. The Labute approximate surface area is 49.5 Å². The number of amides is 1. The summed E-state index contributed by atoms with van der Waals surface area (Å²) < 4.78 is 0. The number of hydrogen-bond donors (Lipinski definition) is 1. The molecule has 28 valence electrons. The Morgan fingerprint density at radius 3 is 1.80 bits per heavy atom. The van der Waals surface area contributed by atoms with Crippen LogP contribution in [-0.2, 0) is 30.6 Å². The van der Waals surface area contributed by atoms with Gasteiger partial charge >= 0.3 is 0 Å². The SMILES string of the molecule is CC(N)=O.[Hf]. The molecule has 0 saturated carbocycles. The predicted octanol–water partition coefficient (Wildman–Crippen LogP) is -0.511. The molecule has 0 aromatic carbocycles. The van der Waals surface area contributed by atoms with Gasteiger partial charge in [0.2, 0.25) is 5.91 Å². The largest absolute Gasteiger partial charge is 0.370 e. The maximum Gasteiger partial charge on any atom is 0.214 e. The molecule has 2 nitrogen and oxygen atoms in total. The standard InChI is InChI=1S/C2H5NO.Hf/c1-2(3)4;/h1H3,(H2,3,4);. The summed E-state index contributed by atoms with van der Waals surface area (Å²) in [5.41, 5.74) is 4.47. The van der Waals surface area contributed by atoms with Gasteiger partial charge in [0.15, 0.2) is 0 Å². The first kappa shape index (κ1) is 9.02. The van der Waals surface area contributed by atoms with E-state index in [1.807, 2.05) is 0 Å². The van der Waals surface area contributed by atoms with E-state index in [0.29, 0.717) is 0 Å². The number of hydrogen-bond acceptors (Lipinski definition) is 1. The summed E-state index contributed by atoms with van der Waals surface area (Å²) >= 11 is 0. The van der Waals surface area contributed by atoms with E-state index in [-0.39, 0.29) is 31.8 Å². The van der Waals surface area contributed by atoms with Crippen molar-refractivity contribution in [3.8, 4) is 0 Å². The van der Waals surface area contributed by atoms with Gasteiger partial charge in [0.25, 0.3) is 0 Å². The Hall–Kier alpha value is 0.340. The van der Waals surface area contributed by atoms with E-state index in [2.05, 4.69) is 5.73 Å². The van der Waals surface area contributed by atoms with Crippen LogP contribution < -0.4 is 5.73 Å². The van der Waals surface area contributed by atoms with E-state index in [0.717, 1.165) is 0 Å². The van der Waals surface area contributed by atoms with Crippen molar-refractivity contribution < 1.29 is 30.6 Å². The fourth-order valence-corrected chi connectivity index (χ4v) is 0. The van der Waals surface area contributed by atoms with Gasteiger partial charge in [-0.3, -0.25) is 4.79 Å². The Balaban J connectivity index is 0. The van der Waals surface area contributed by atoms with Crippen LogP contribution in [0.25, 0.3) is 0 Å². The van der Waals surface area contributed by atoms with Gasteiger partial charge in [-0.15, -0.1) is 0 Å². The normalized spacial score (nSPS) is 5.00. The Bertz CT molecular complexity index is 32.6. The van der Waals surface area contributed by atoms with Gasteiger partial charge in [-0.2, -0.15) is 0 Å². The van der Waals surface area contributed by atoms with Crippen molar-refractivity contribution in [1.82, 2.24) is 0 Å². The second kappa shape index (κ2) is 4.34. The van der Waals surface area contributed by atoms with Crippen LogP contribution in [0, 0.1) is 0 Å². The van der Waals surface area contributed by atoms with Crippen LogP contribution in [0.4, 0.5) is 0 Å². The zero-order valence-corrected chi connectivity index (χ0v) is 6.58. The van der Waals surface area contributed by atoms with Crippen molar-refractivity contribution in [3.05, 3.63) is 0 Å². The summed E-state index contributed by atoms with van der Waals surface area (Å²) in [6, 6.07) is 0. The first-order chi connectivity index (χ1) is 1.73. The molecule has 2 N–H and O–H groups in total. The summed E-state index contributed by atoms with van der Waals surface area (Å²) in [6.07, 6.45) is 0. The minimum absolute atomic E-state index is 0. The fourth-order valence-electron chi connectivity index (χ4n) is 0. The molecule has 0 heterocycles. The Kier molecular flexibility index (Phi) is 7.83. The number of carbonyl (C=O) groups is 1. The molecule has 0 aliphatic carbocycles. The van der Waals surface area contributed by atoms with Crippen LogP contribution in [0.2, 0.25) is 0 Å². The topological polar surface area (TPSA) is 43.1 Å². The Morgan fingerprint density at radius 1 is 1.80 bits per heavy atom. The summed E-state index contributed by atoms with van der Waals surface area (Å²) in [4.78, 5) is 9.22. The molecule has 0 rings (SSSR count). The molecule has 0 aromatic rings. The van der Waals surface area contributed by atoms with Crippen LogP contribution >= 0.6 is 0 Å². The smallest absolute Gasteiger partial charge is 0.214 e. The first-order valence-corrected chi connectivity index (χ1v) is 0.993. The van der Waals surface area contributed by atoms with Crippen molar-refractivity contribution >= 4 is 5.91 Å². The molecule has 3 heteroatoms. The van der Waals surface area contributed by atoms with E-state index in [4.69, 9.17) is 0 Å². The first-order valence-electron chi connectivity index (χ1n) is 0.993. The third-order valence-corrected chi connectivity index (χ3v) is 0. The fraction of sp³-hybridized carbons (Fsp3) is 0.500. The minimum atomic E-state index is -0.333. The zero-order valence-electron chi connectivity index (χ0n) is 2.99. The molecule has 0 radical (unpaired) electrons. The third kappa shape index (κ3) is 205. The monoisotopic (exact) mass is 239 g/mol. The molecule has 0 unspecified atom stereocenters. The van der Waals surface area contributed by atoms with Gasteiger partial charge in [0.05, 0.1) is 0 Å². The van der Waals surface area contributed by atoms with E-state index in [9.17, 15) is 4.79 Å². The average Bonchev–Trinajstić information content (AvgIpc) is 0.811. The number of carbonyl (C=O) groups excluding carboxylic acids is 1. The molecular formula is C2H5HfNO. The second-order valence-electron chi connectivity index (χ2n) is 0.611. The van der Waals surface area contributed by atoms with Crippen LogP contribution in [-0.4, -0.2) is 5.91 Å². The maximum absolute atomic E-state index is 9.22.